The van der Waals surface area contributed by atoms with Crippen LogP contribution in [0.5, 0.6) is 0 Å². The number of nitrogen functional groups attached to an aromatic ring is 1. The maximum Gasteiger partial charge on any atom is 0.309 e. The van der Waals surface area contributed by atoms with Crippen LogP contribution in [-0.2, 0) is 16.0 Å². The van der Waals surface area contributed by atoms with Crippen LogP contribution in [0.15, 0.2) is 24.3 Å². The zero-order valence-electron chi connectivity index (χ0n) is 10.4. The van der Waals surface area contributed by atoms with Gasteiger partial charge in [-0.05, 0) is 36.6 Å². The first-order valence-corrected chi connectivity index (χ1v) is 5.88. The molecule has 0 atom stereocenters. The zero-order chi connectivity index (χ0) is 12.7. The van der Waals surface area contributed by atoms with E-state index in [1.165, 1.54) is 5.56 Å². The highest BCUT2D eigenvalue weighted by Gasteiger charge is 1.99. The maximum atomic E-state index is 11.1. The first kappa shape index (κ1) is 13.3. The van der Waals surface area contributed by atoms with Crippen molar-refractivity contribution in [3.05, 3.63) is 35.4 Å². The Labute approximate surface area is 102 Å². The van der Waals surface area contributed by atoms with E-state index in [2.05, 4.69) is 6.92 Å². The van der Waals surface area contributed by atoms with Gasteiger partial charge in [0, 0.05) is 5.69 Å². The van der Waals surface area contributed by atoms with Crippen LogP contribution in [0, 0.1) is 0 Å². The molecule has 0 bridgehead atoms. The first-order valence-electron chi connectivity index (χ1n) is 5.88. The van der Waals surface area contributed by atoms with Crippen LogP contribution in [0.4, 0.5) is 5.69 Å². The maximum absolute atomic E-state index is 11.1. The van der Waals surface area contributed by atoms with E-state index in [0.717, 1.165) is 17.7 Å². The molecule has 0 spiro atoms. The Morgan fingerprint density at radius 1 is 1.41 bits per heavy atom. The predicted molar refractivity (Wildman–Crippen MR) is 70.5 cm³/mol. The van der Waals surface area contributed by atoms with E-state index < -0.39 is 0 Å². The van der Waals surface area contributed by atoms with Crippen LogP contribution in [0.3, 0.4) is 0 Å². The summed E-state index contributed by atoms with van der Waals surface area (Å²) in [6.45, 7) is 4.31. The number of hydrogen-bond donors (Lipinski definition) is 1. The fraction of sp³-hybridized carbons (Fsp3) is 0.357. The largest absolute Gasteiger partial charge is 0.466 e. The average Bonchev–Trinajstić information content (AvgIpc) is 2.32. The molecule has 0 aromatic heterocycles. The van der Waals surface area contributed by atoms with Crippen molar-refractivity contribution in [3.8, 4) is 0 Å². The normalized spacial score (nSPS) is 10.7. The summed E-state index contributed by atoms with van der Waals surface area (Å²) in [5.41, 5.74) is 8.76. The number of ether oxygens (including phenoxy) is 1. The van der Waals surface area contributed by atoms with Gasteiger partial charge in [-0.2, -0.15) is 0 Å². The number of carbonyl (C=O) groups is 1. The summed E-state index contributed by atoms with van der Waals surface area (Å²) in [7, 11) is 0. The lowest BCUT2D eigenvalue weighted by Crippen LogP contribution is -2.01. The van der Waals surface area contributed by atoms with E-state index in [1.54, 1.807) is 13.0 Å². The summed E-state index contributed by atoms with van der Waals surface area (Å²) >= 11 is 0. The van der Waals surface area contributed by atoms with Gasteiger partial charge >= 0.3 is 5.97 Å². The van der Waals surface area contributed by atoms with Gasteiger partial charge in [-0.1, -0.05) is 25.1 Å². The van der Waals surface area contributed by atoms with Crippen LogP contribution in [0.25, 0.3) is 6.08 Å². The number of aryl methyl sites for hydroxylation is 1. The van der Waals surface area contributed by atoms with Gasteiger partial charge in [0.05, 0.1) is 13.0 Å². The molecule has 3 nitrogen and oxygen atoms in total. The summed E-state index contributed by atoms with van der Waals surface area (Å²) < 4.78 is 4.83. The quantitative estimate of drug-likeness (QED) is 0.628. The fourth-order valence-electron chi connectivity index (χ4n) is 1.49. The second-order valence-electron chi connectivity index (χ2n) is 3.73. The number of hydrogen-bond acceptors (Lipinski definition) is 3. The van der Waals surface area contributed by atoms with Crippen molar-refractivity contribution in [2.24, 2.45) is 0 Å². The van der Waals surface area contributed by atoms with E-state index in [-0.39, 0.29) is 12.4 Å². The summed E-state index contributed by atoms with van der Waals surface area (Å²) in [5.74, 6) is -0.214. The smallest absolute Gasteiger partial charge is 0.309 e. The Morgan fingerprint density at radius 3 is 2.82 bits per heavy atom. The van der Waals surface area contributed by atoms with Crippen molar-refractivity contribution in [2.75, 3.05) is 12.3 Å². The van der Waals surface area contributed by atoms with Crippen LogP contribution < -0.4 is 5.73 Å². The van der Waals surface area contributed by atoms with Gasteiger partial charge in [0.15, 0.2) is 0 Å². The van der Waals surface area contributed by atoms with Gasteiger partial charge in [0.2, 0.25) is 0 Å². The molecule has 0 aliphatic heterocycles. The molecule has 0 aliphatic carbocycles. The molecule has 1 aromatic rings. The van der Waals surface area contributed by atoms with E-state index in [0.29, 0.717) is 6.61 Å². The van der Waals surface area contributed by atoms with Crippen molar-refractivity contribution < 1.29 is 9.53 Å². The Hall–Kier alpha value is -1.77. The molecule has 92 valence electrons. The molecular weight excluding hydrogens is 214 g/mol. The van der Waals surface area contributed by atoms with Crippen LogP contribution >= 0.6 is 0 Å². The predicted octanol–water partition coefficient (Wildman–Crippen LogP) is 2.80. The minimum Gasteiger partial charge on any atom is -0.466 e. The van der Waals surface area contributed by atoms with Crippen molar-refractivity contribution in [3.63, 3.8) is 0 Å². The van der Waals surface area contributed by atoms with Crippen molar-refractivity contribution >= 4 is 17.7 Å². The second kappa shape index (κ2) is 6.74. The molecule has 0 saturated heterocycles. The standard InChI is InChI=1S/C14H19NO2/c1-3-11-8-9-13(15)12(10-11)6-5-7-14(16)17-4-2/h5-6,8-10H,3-4,7,15H2,1-2H3. The molecule has 0 unspecified atom stereocenters. The Morgan fingerprint density at radius 2 is 2.18 bits per heavy atom. The summed E-state index contributed by atoms with van der Waals surface area (Å²) in [6.07, 6.45) is 4.90. The molecule has 0 aliphatic rings. The Balaban J connectivity index is 2.67. The molecular formula is C14H19NO2. The highest BCUT2D eigenvalue weighted by Crippen LogP contribution is 2.16. The van der Waals surface area contributed by atoms with Gasteiger partial charge < -0.3 is 10.5 Å². The summed E-state index contributed by atoms with van der Waals surface area (Å²) in [6, 6.07) is 5.94. The number of esters is 1. The molecule has 0 fully saturated rings. The van der Waals surface area contributed by atoms with Gasteiger partial charge in [-0.3, -0.25) is 4.79 Å². The summed E-state index contributed by atoms with van der Waals surface area (Å²) in [4.78, 5) is 11.1. The molecule has 1 aromatic carbocycles. The Bertz CT molecular complexity index is 411. The number of nitrogens with two attached hydrogens (primary N) is 1. The minimum absolute atomic E-state index is 0.214. The Kier molecular flexibility index (Phi) is 5.27. The lowest BCUT2D eigenvalue weighted by molar-refractivity contribution is -0.142. The van der Waals surface area contributed by atoms with E-state index in [4.69, 9.17) is 10.5 Å². The molecule has 17 heavy (non-hydrogen) atoms. The minimum atomic E-state index is -0.214. The number of rotatable bonds is 5. The fourth-order valence-corrected chi connectivity index (χ4v) is 1.49. The van der Waals surface area contributed by atoms with Gasteiger partial charge in [0.1, 0.15) is 0 Å². The van der Waals surface area contributed by atoms with Crippen molar-refractivity contribution in [2.45, 2.75) is 26.7 Å². The van der Waals surface area contributed by atoms with E-state index in [1.807, 2.05) is 24.3 Å². The van der Waals surface area contributed by atoms with Crippen molar-refractivity contribution in [1.82, 2.24) is 0 Å². The van der Waals surface area contributed by atoms with E-state index >= 15 is 0 Å². The molecule has 1 rings (SSSR count). The van der Waals surface area contributed by atoms with E-state index in [9.17, 15) is 4.79 Å². The highest BCUT2D eigenvalue weighted by molar-refractivity contribution is 5.74. The third kappa shape index (κ3) is 4.31. The molecule has 0 amide bonds. The lowest BCUT2D eigenvalue weighted by Gasteiger charge is -2.03. The number of benzene rings is 1. The number of carbonyl (C=O) groups excluding carboxylic acids is 1. The lowest BCUT2D eigenvalue weighted by atomic mass is 10.1. The monoisotopic (exact) mass is 233 g/mol. The highest BCUT2D eigenvalue weighted by atomic mass is 16.5. The van der Waals surface area contributed by atoms with Crippen LogP contribution in [0.1, 0.15) is 31.4 Å². The number of anilines is 1. The molecule has 0 saturated carbocycles. The first-order chi connectivity index (χ1) is 8.17. The van der Waals surface area contributed by atoms with Gasteiger partial charge in [-0.25, -0.2) is 0 Å². The van der Waals surface area contributed by atoms with Crippen LogP contribution in [-0.4, -0.2) is 12.6 Å². The summed E-state index contributed by atoms with van der Waals surface area (Å²) in [5, 5.41) is 0. The molecule has 0 heterocycles. The molecule has 0 radical (unpaired) electrons. The third-order valence-electron chi connectivity index (χ3n) is 2.45. The second-order valence-corrected chi connectivity index (χ2v) is 3.73. The van der Waals surface area contributed by atoms with Gasteiger partial charge in [-0.15, -0.1) is 0 Å². The molecule has 3 heteroatoms. The van der Waals surface area contributed by atoms with Gasteiger partial charge in [0.25, 0.3) is 0 Å². The van der Waals surface area contributed by atoms with Crippen molar-refractivity contribution in [1.29, 1.82) is 0 Å². The average molecular weight is 233 g/mol. The van der Waals surface area contributed by atoms with Crippen LogP contribution in [0.2, 0.25) is 0 Å². The molecule has 2 N–H and O–H groups in total. The SMILES string of the molecule is CCOC(=O)CC=Cc1cc(CC)ccc1N. The zero-order valence-corrected chi connectivity index (χ0v) is 10.4. The topological polar surface area (TPSA) is 52.3 Å². The third-order valence-corrected chi connectivity index (χ3v) is 2.45.